The third kappa shape index (κ3) is 2.16. The van der Waals surface area contributed by atoms with Crippen LogP contribution in [0.2, 0.25) is 0 Å². The van der Waals surface area contributed by atoms with Crippen LogP contribution in [0, 0.1) is 0 Å². The first kappa shape index (κ1) is 13.7. The third-order valence-corrected chi connectivity index (χ3v) is 6.17. The SMILES string of the molecule is C[C@H]1COc2cc(N3CCCC3)ccc2S(=O)(=O)N1C. The van der Waals surface area contributed by atoms with E-state index in [1.807, 2.05) is 19.1 Å². The fraction of sp³-hybridized carbons (Fsp3) is 0.571. The summed E-state index contributed by atoms with van der Waals surface area (Å²) in [6.45, 7) is 4.29. The molecule has 1 saturated heterocycles. The number of anilines is 1. The van der Waals surface area contributed by atoms with E-state index < -0.39 is 10.0 Å². The third-order valence-electron chi connectivity index (χ3n) is 4.16. The van der Waals surface area contributed by atoms with Crippen molar-refractivity contribution in [1.29, 1.82) is 0 Å². The van der Waals surface area contributed by atoms with E-state index in [1.54, 1.807) is 13.1 Å². The smallest absolute Gasteiger partial charge is 0.246 e. The van der Waals surface area contributed by atoms with E-state index >= 15 is 0 Å². The predicted molar refractivity (Wildman–Crippen MR) is 77.8 cm³/mol. The molecule has 0 spiro atoms. The first-order chi connectivity index (χ1) is 9.50. The summed E-state index contributed by atoms with van der Waals surface area (Å²) < 4.78 is 32.1. The molecule has 1 aromatic carbocycles. The first-order valence-electron chi connectivity index (χ1n) is 7.00. The predicted octanol–water partition coefficient (Wildman–Crippen LogP) is 1.69. The van der Waals surface area contributed by atoms with Gasteiger partial charge in [0.05, 0.1) is 6.04 Å². The summed E-state index contributed by atoms with van der Waals surface area (Å²) in [7, 11) is -1.85. The molecular weight excluding hydrogens is 276 g/mol. The number of likely N-dealkylation sites (N-methyl/N-ethyl adjacent to an activating group) is 1. The van der Waals surface area contributed by atoms with Crippen LogP contribution in [-0.4, -0.2) is 45.5 Å². The number of rotatable bonds is 1. The Balaban J connectivity index is 2.04. The lowest BCUT2D eigenvalue weighted by molar-refractivity contribution is 0.241. The van der Waals surface area contributed by atoms with E-state index in [1.165, 1.54) is 17.1 Å². The molecule has 0 aliphatic carbocycles. The lowest BCUT2D eigenvalue weighted by atomic mass is 10.2. The van der Waals surface area contributed by atoms with Gasteiger partial charge in [0.25, 0.3) is 0 Å². The van der Waals surface area contributed by atoms with Gasteiger partial charge in [0.2, 0.25) is 10.0 Å². The van der Waals surface area contributed by atoms with Gasteiger partial charge in [0.1, 0.15) is 17.3 Å². The first-order valence-corrected chi connectivity index (χ1v) is 8.44. The molecule has 2 aliphatic rings. The van der Waals surface area contributed by atoms with E-state index in [9.17, 15) is 8.42 Å². The van der Waals surface area contributed by atoms with Gasteiger partial charge in [0, 0.05) is 31.9 Å². The molecule has 5 nitrogen and oxygen atoms in total. The number of fused-ring (bicyclic) bond motifs is 1. The summed E-state index contributed by atoms with van der Waals surface area (Å²) in [6, 6.07) is 5.26. The minimum absolute atomic E-state index is 0.164. The van der Waals surface area contributed by atoms with Crippen LogP contribution >= 0.6 is 0 Å². The second-order valence-electron chi connectivity index (χ2n) is 5.51. The molecule has 0 bridgehead atoms. The van der Waals surface area contributed by atoms with Crippen LogP contribution < -0.4 is 9.64 Å². The van der Waals surface area contributed by atoms with Gasteiger partial charge in [-0.25, -0.2) is 8.42 Å². The van der Waals surface area contributed by atoms with Gasteiger partial charge in [-0.2, -0.15) is 4.31 Å². The molecule has 0 amide bonds. The Morgan fingerprint density at radius 2 is 1.95 bits per heavy atom. The van der Waals surface area contributed by atoms with Gasteiger partial charge in [-0.3, -0.25) is 0 Å². The van der Waals surface area contributed by atoms with E-state index in [0.717, 1.165) is 18.8 Å². The largest absolute Gasteiger partial charge is 0.490 e. The molecule has 2 heterocycles. The summed E-state index contributed by atoms with van der Waals surface area (Å²) in [6.07, 6.45) is 2.38. The average Bonchev–Trinajstić information content (AvgIpc) is 2.95. The molecule has 0 unspecified atom stereocenters. The van der Waals surface area contributed by atoms with Crippen LogP contribution in [0.5, 0.6) is 5.75 Å². The number of hydrogen-bond acceptors (Lipinski definition) is 4. The van der Waals surface area contributed by atoms with Gasteiger partial charge >= 0.3 is 0 Å². The van der Waals surface area contributed by atoms with Gasteiger partial charge in [-0.05, 0) is 31.9 Å². The van der Waals surface area contributed by atoms with Crippen molar-refractivity contribution in [1.82, 2.24) is 4.31 Å². The zero-order valence-electron chi connectivity index (χ0n) is 11.9. The van der Waals surface area contributed by atoms with E-state index in [4.69, 9.17) is 4.74 Å². The molecule has 3 rings (SSSR count). The Morgan fingerprint density at radius 1 is 1.25 bits per heavy atom. The Hall–Kier alpha value is -1.27. The molecule has 20 heavy (non-hydrogen) atoms. The lowest BCUT2D eigenvalue weighted by Gasteiger charge is -2.20. The summed E-state index contributed by atoms with van der Waals surface area (Å²) in [5.74, 6) is 0.477. The summed E-state index contributed by atoms with van der Waals surface area (Å²) in [4.78, 5) is 2.54. The quantitative estimate of drug-likeness (QED) is 0.791. The number of benzene rings is 1. The van der Waals surface area contributed by atoms with Gasteiger partial charge < -0.3 is 9.64 Å². The Labute approximate surface area is 120 Å². The minimum atomic E-state index is -3.46. The zero-order chi connectivity index (χ0) is 14.3. The molecule has 0 saturated carbocycles. The van der Waals surface area contributed by atoms with Crippen molar-refractivity contribution < 1.29 is 13.2 Å². The molecule has 1 fully saturated rings. The average molecular weight is 296 g/mol. The lowest BCUT2D eigenvalue weighted by Crippen LogP contribution is -2.36. The minimum Gasteiger partial charge on any atom is -0.490 e. The standard InChI is InChI=1S/C14H20N2O3S/c1-11-10-19-13-9-12(16-7-3-4-8-16)5-6-14(13)20(17,18)15(11)2/h5-6,9,11H,3-4,7-8,10H2,1-2H3/t11-/m0/s1. The van der Waals surface area contributed by atoms with Crippen molar-refractivity contribution in [3.63, 3.8) is 0 Å². The van der Waals surface area contributed by atoms with Crippen molar-refractivity contribution in [2.24, 2.45) is 0 Å². The Kier molecular flexibility index (Phi) is 3.38. The second kappa shape index (κ2) is 4.93. The molecule has 0 aromatic heterocycles. The molecule has 1 atom stereocenters. The maximum Gasteiger partial charge on any atom is 0.246 e. The van der Waals surface area contributed by atoms with Crippen LogP contribution in [0.25, 0.3) is 0 Å². The van der Waals surface area contributed by atoms with Crippen molar-refractivity contribution in [2.75, 3.05) is 31.6 Å². The Morgan fingerprint density at radius 3 is 2.65 bits per heavy atom. The summed E-state index contributed by atoms with van der Waals surface area (Å²) in [5.41, 5.74) is 1.05. The van der Waals surface area contributed by atoms with Gasteiger partial charge in [0.15, 0.2) is 0 Å². The summed E-state index contributed by atoms with van der Waals surface area (Å²) >= 11 is 0. The van der Waals surface area contributed by atoms with Crippen molar-refractivity contribution in [3.8, 4) is 5.75 Å². The fourth-order valence-corrected chi connectivity index (χ4v) is 4.16. The van der Waals surface area contributed by atoms with Gasteiger partial charge in [-0.1, -0.05) is 0 Å². The monoisotopic (exact) mass is 296 g/mol. The van der Waals surface area contributed by atoms with Crippen molar-refractivity contribution in [2.45, 2.75) is 30.7 Å². The molecule has 1 aromatic rings. The fourth-order valence-electron chi connectivity index (χ4n) is 2.70. The molecule has 6 heteroatoms. The van der Waals surface area contributed by atoms with Crippen molar-refractivity contribution >= 4 is 15.7 Å². The maximum absolute atomic E-state index is 12.5. The number of sulfonamides is 1. The molecular formula is C14H20N2O3S. The van der Waals surface area contributed by atoms with Crippen LogP contribution in [-0.2, 0) is 10.0 Å². The normalized spacial score (nSPS) is 25.9. The van der Waals surface area contributed by atoms with E-state index in [0.29, 0.717) is 12.4 Å². The van der Waals surface area contributed by atoms with E-state index in [2.05, 4.69) is 4.90 Å². The number of hydrogen-bond donors (Lipinski definition) is 0. The zero-order valence-corrected chi connectivity index (χ0v) is 12.7. The topological polar surface area (TPSA) is 49.9 Å². The number of nitrogens with zero attached hydrogens (tertiary/aromatic N) is 2. The highest BCUT2D eigenvalue weighted by Crippen LogP contribution is 2.34. The molecule has 2 aliphatic heterocycles. The van der Waals surface area contributed by atoms with Crippen LogP contribution in [0.4, 0.5) is 5.69 Å². The van der Waals surface area contributed by atoms with Crippen LogP contribution in [0.15, 0.2) is 23.1 Å². The molecule has 0 radical (unpaired) electrons. The van der Waals surface area contributed by atoms with E-state index in [-0.39, 0.29) is 10.9 Å². The summed E-state index contributed by atoms with van der Waals surface area (Å²) in [5, 5.41) is 0. The highest BCUT2D eigenvalue weighted by atomic mass is 32.2. The van der Waals surface area contributed by atoms with Gasteiger partial charge in [-0.15, -0.1) is 0 Å². The highest BCUT2D eigenvalue weighted by molar-refractivity contribution is 7.89. The van der Waals surface area contributed by atoms with Crippen molar-refractivity contribution in [3.05, 3.63) is 18.2 Å². The second-order valence-corrected chi connectivity index (χ2v) is 7.47. The van der Waals surface area contributed by atoms with Crippen LogP contribution in [0.1, 0.15) is 19.8 Å². The highest BCUT2D eigenvalue weighted by Gasteiger charge is 2.32. The Bertz CT molecular complexity index is 609. The number of ether oxygens (including phenoxy) is 1. The maximum atomic E-state index is 12.5. The molecule has 0 N–H and O–H groups in total. The molecule has 110 valence electrons. The van der Waals surface area contributed by atoms with Crippen LogP contribution in [0.3, 0.4) is 0 Å².